The van der Waals surface area contributed by atoms with E-state index in [1.807, 2.05) is 0 Å². The highest BCUT2D eigenvalue weighted by atomic mass is 32.2. The third kappa shape index (κ3) is 9.94. The van der Waals surface area contributed by atoms with Gasteiger partial charge in [-0.1, -0.05) is 12.1 Å². The molecule has 0 aliphatic carbocycles. The first-order valence-electron chi connectivity index (χ1n) is 9.73. The van der Waals surface area contributed by atoms with E-state index in [1.54, 1.807) is 11.8 Å². The maximum absolute atomic E-state index is 11.3. The van der Waals surface area contributed by atoms with E-state index in [4.69, 9.17) is 14.2 Å². The molecule has 1 saturated heterocycles. The summed E-state index contributed by atoms with van der Waals surface area (Å²) >= 11 is 1.81. The van der Waals surface area contributed by atoms with Crippen LogP contribution in [0.4, 0.5) is 0 Å². The van der Waals surface area contributed by atoms with E-state index in [1.165, 1.54) is 23.8 Å². The van der Waals surface area contributed by atoms with Gasteiger partial charge in [0.1, 0.15) is 12.2 Å². The molecule has 1 aromatic rings. The lowest BCUT2D eigenvalue weighted by atomic mass is 10.1. The van der Waals surface area contributed by atoms with Gasteiger partial charge in [-0.3, -0.25) is 9.59 Å². The second-order valence-electron chi connectivity index (χ2n) is 6.72. The van der Waals surface area contributed by atoms with Crippen molar-refractivity contribution in [3.63, 3.8) is 0 Å². The van der Waals surface area contributed by atoms with Crippen LogP contribution in [0, 0.1) is 0 Å². The smallest absolute Gasteiger partial charge is 0.313 e. The summed E-state index contributed by atoms with van der Waals surface area (Å²) in [6, 6.07) is 8.54. The van der Waals surface area contributed by atoms with Crippen molar-refractivity contribution < 1.29 is 23.8 Å². The molecule has 1 atom stereocenters. The Labute approximate surface area is 166 Å². The number of hydrogen-bond acceptors (Lipinski definition) is 6. The molecule has 1 aromatic carbocycles. The molecular formula is C21H30O5S. The maximum Gasteiger partial charge on any atom is 0.313 e. The molecule has 2 rings (SSSR count). The van der Waals surface area contributed by atoms with Crippen LogP contribution in [0.25, 0.3) is 0 Å². The molecule has 1 aliphatic rings. The van der Waals surface area contributed by atoms with Gasteiger partial charge in [0.15, 0.2) is 6.29 Å². The predicted octanol–water partition coefficient (Wildman–Crippen LogP) is 4.17. The fourth-order valence-electron chi connectivity index (χ4n) is 2.78. The van der Waals surface area contributed by atoms with Crippen molar-refractivity contribution in [1.29, 1.82) is 0 Å². The van der Waals surface area contributed by atoms with E-state index in [2.05, 4.69) is 24.3 Å². The lowest BCUT2D eigenvalue weighted by Gasteiger charge is -2.22. The number of benzene rings is 1. The molecule has 0 bridgehead atoms. The van der Waals surface area contributed by atoms with Gasteiger partial charge in [0.05, 0.1) is 13.2 Å². The highest BCUT2D eigenvalue weighted by Crippen LogP contribution is 2.21. The molecule has 0 saturated carbocycles. The van der Waals surface area contributed by atoms with Crippen molar-refractivity contribution >= 4 is 23.5 Å². The Hall–Kier alpha value is -1.37. The molecule has 0 aromatic heterocycles. The molecular weight excluding hydrogens is 364 g/mol. The highest BCUT2D eigenvalue weighted by Gasteiger charge is 2.13. The van der Waals surface area contributed by atoms with Gasteiger partial charge in [-0.05, 0) is 68.9 Å². The normalized spacial score (nSPS) is 16.9. The summed E-state index contributed by atoms with van der Waals surface area (Å²) in [5.41, 5.74) is 1.27. The van der Waals surface area contributed by atoms with Crippen molar-refractivity contribution in [2.24, 2.45) is 0 Å². The lowest BCUT2D eigenvalue weighted by molar-refractivity contribution is -0.161. The first-order chi connectivity index (χ1) is 13.1. The zero-order valence-corrected chi connectivity index (χ0v) is 16.9. The Morgan fingerprint density at radius 2 is 2.11 bits per heavy atom. The number of ether oxygens (including phenoxy) is 3. The largest absolute Gasteiger partial charge is 0.465 e. The molecule has 5 nitrogen and oxygen atoms in total. The first-order valence-corrected chi connectivity index (χ1v) is 10.7. The summed E-state index contributed by atoms with van der Waals surface area (Å²) in [5, 5.41) is 0. The maximum atomic E-state index is 11.3. The van der Waals surface area contributed by atoms with Crippen LogP contribution in [0.2, 0.25) is 0 Å². The van der Waals surface area contributed by atoms with E-state index < -0.39 is 5.97 Å². The molecule has 27 heavy (non-hydrogen) atoms. The minimum atomic E-state index is -0.427. The second-order valence-corrected chi connectivity index (χ2v) is 7.89. The third-order valence-corrected chi connectivity index (χ3v) is 5.27. The average molecular weight is 395 g/mol. The summed E-state index contributed by atoms with van der Waals surface area (Å²) in [5.74, 6) is 0.385. The summed E-state index contributed by atoms with van der Waals surface area (Å²) in [6.07, 6.45) is 5.84. The van der Waals surface area contributed by atoms with Crippen molar-refractivity contribution in [2.45, 2.75) is 63.1 Å². The molecule has 0 radical (unpaired) electrons. The highest BCUT2D eigenvalue weighted by molar-refractivity contribution is 7.99. The van der Waals surface area contributed by atoms with Gasteiger partial charge < -0.3 is 14.2 Å². The van der Waals surface area contributed by atoms with Crippen LogP contribution in [0.15, 0.2) is 29.2 Å². The SMILES string of the molecule is CC(=O)CC(=O)OCCCCSc1cccc(CCOC2CCCCO2)c1. The molecule has 1 unspecified atom stereocenters. The van der Waals surface area contributed by atoms with Gasteiger partial charge in [0.25, 0.3) is 0 Å². The zero-order chi connectivity index (χ0) is 19.3. The Balaban J connectivity index is 1.56. The summed E-state index contributed by atoms with van der Waals surface area (Å²) in [4.78, 5) is 23.3. The van der Waals surface area contributed by atoms with Crippen molar-refractivity contribution in [3.8, 4) is 0 Å². The number of carbonyl (C=O) groups is 2. The third-order valence-electron chi connectivity index (χ3n) is 4.19. The Morgan fingerprint density at radius 1 is 1.22 bits per heavy atom. The van der Waals surface area contributed by atoms with E-state index in [9.17, 15) is 9.59 Å². The van der Waals surface area contributed by atoms with Crippen LogP contribution in [-0.4, -0.2) is 43.6 Å². The van der Waals surface area contributed by atoms with Crippen LogP contribution in [0.3, 0.4) is 0 Å². The predicted molar refractivity (Wildman–Crippen MR) is 106 cm³/mol. The molecule has 0 amide bonds. The Morgan fingerprint density at radius 3 is 2.89 bits per heavy atom. The van der Waals surface area contributed by atoms with Gasteiger partial charge in [0.2, 0.25) is 0 Å². The minimum Gasteiger partial charge on any atom is -0.465 e. The zero-order valence-electron chi connectivity index (χ0n) is 16.1. The molecule has 0 N–H and O–H groups in total. The number of thioether (sulfide) groups is 1. The fraction of sp³-hybridized carbons (Fsp3) is 0.619. The van der Waals surface area contributed by atoms with Crippen molar-refractivity contribution in [3.05, 3.63) is 29.8 Å². The quantitative estimate of drug-likeness (QED) is 0.229. The molecule has 6 heteroatoms. The van der Waals surface area contributed by atoms with Gasteiger partial charge in [-0.2, -0.15) is 0 Å². The topological polar surface area (TPSA) is 61.8 Å². The molecule has 150 valence electrons. The Bertz CT molecular complexity index is 584. The monoisotopic (exact) mass is 394 g/mol. The number of rotatable bonds is 12. The van der Waals surface area contributed by atoms with Gasteiger partial charge in [-0.25, -0.2) is 0 Å². The number of Topliss-reactive ketones (excluding diaryl/α,β-unsaturated/α-hetero) is 1. The minimum absolute atomic E-state index is 0.0270. The average Bonchev–Trinajstić information content (AvgIpc) is 2.65. The van der Waals surface area contributed by atoms with Crippen LogP contribution >= 0.6 is 11.8 Å². The number of hydrogen-bond donors (Lipinski definition) is 0. The lowest BCUT2D eigenvalue weighted by Crippen LogP contribution is -2.23. The second kappa shape index (κ2) is 12.9. The summed E-state index contributed by atoms with van der Waals surface area (Å²) in [6.45, 7) is 3.27. The van der Waals surface area contributed by atoms with E-state index >= 15 is 0 Å². The molecule has 1 aliphatic heterocycles. The van der Waals surface area contributed by atoms with Gasteiger partial charge in [0, 0.05) is 11.5 Å². The van der Waals surface area contributed by atoms with Crippen LogP contribution < -0.4 is 0 Å². The molecule has 1 fully saturated rings. The molecule has 1 heterocycles. The molecule has 0 spiro atoms. The number of esters is 1. The standard InChI is InChI=1S/C21H30O5S/c1-17(22)15-20(23)24-11-4-5-14-27-19-8-6-7-18(16-19)10-13-26-21-9-2-3-12-25-21/h6-8,16,21H,2-5,9-15H2,1H3. The summed E-state index contributed by atoms with van der Waals surface area (Å²) in [7, 11) is 0. The van der Waals surface area contributed by atoms with Crippen molar-refractivity contribution in [2.75, 3.05) is 25.6 Å². The number of carbonyl (C=O) groups excluding carboxylic acids is 2. The van der Waals surface area contributed by atoms with Crippen LogP contribution in [-0.2, 0) is 30.2 Å². The first kappa shape index (κ1) is 21.9. The van der Waals surface area contributed by atoms with E-state index in [0.29, 0.717) is 13.2 Å². The van der Waals surface area contributed by atoms with E-state index in [0.717, 1.165) is 44.5 Å². The van der Waals surface area contributed by atoms with E-state index in [-0.39, 0.29) is 18.5 Å². The van der Waals surface area contributed by atoms with Gasteiger partial charge in [-0.15, -0.1) is 11.8 Å². The van der Waals surface area contributed by atoms with Crippen LogP contribution in [0.5, 0.6) is 0 Å². The van der Waals surface area contributed by atoms with Crippen molar-refractivity contribution in [1.82, 2.24) is 0 Å². The van der Waals surface area contributed by atoms with Crippen LogP contribution in [0.1, 0.15) is 51.0 Å². The number of ketones is 1. The number of unbranched alkanes of at least 4 members (excludes halogenated alkanes) is 1. The Kier molecular flexibility index (Phi) is 10.5. The summed E-state index contributed by atoms with van der Waals surface area (Å²) < 4.78 is 16.4. The van der Waals surface area contributed by atoms with Gasteiger partial charge >= 0.3 is 5.97 Å². The fourth-order valence-corrected chi connectivity index (χ4v) is 3.77.